The predicted molar refractivity (Wildman–Crippen MR) is 47.5 cm³/mol. The number of benzene rings is 1. The normalized spacial score (nSPS) is 10.8. The lowest BCUT2D eigenvalue weighted by Gasteiger charge is -2.10. The number of carbonyl (C=O) groups is 1. The molecule has 0 amide bonds. The fraction of sp³-hybridized carbons (Fsp3) is 0.200. The van der Waals surface area contributed by atoms with Crippen molar-refractivity contribution in [1.82, 2.24) is 0 Å². The van der Waals surface area contributed by atoms with Crippen LogP contribution in [0.25, 0.3) is 0 Å². The van der Waals surface area contributed by atoms with E-state index in [1.165, 1.54) is 6.07 Å². The van der Waals surface area contributed by atoms with Crippen molar-refractivity contribution >= 4 is 5.97 Å². The van der Waals surface area contributed by atoms with Gasteiger partial charge in [0.15, 0.2) is 0 Å². The van der Waals surface area contributed by atoms with Crippen LogP contribution in [-0.4, -0.2) is 13.1 Å². The Hall–Kier alpha value is -2.10. The van der Waals surface area contributed by atoms with E-state index in [0.29, 0.717) is 6.07 Å². The van der Waals surface area contributed by atoms with Crippen LogP contribution in [0.1, 0.15) is 21.5 Å². The first-order valence-corrected chi connectivity index (χ1v) is 4.20. The molecule has 0 radical (unpaired) electrons. The van der Waals surface area contributed by atoms with Gasteiger partial charge in [0.05, 0.1) is 18.2 Å². The zero-order valence-corrected chi connectivity index (χ0v) is 8.43. The van der Waals surface area contributed by atoms with Crippen LogP contribution >= 0.6 is 0 Å². The fourth-order valence-electron chi connectivity index (χ4n) is 1.15. The smallest absolute Gasteiger partial charge is 0.416 e. The van der Waals surface area contributed by atoms with Gasteiger partial charge in [-0.15, -0.1) is 0 Å². The second kappa shape index (κ2) is 4.41. The van der Waals surface area contributed by atoms with Gasteiger partial charge in [-0.3, -0.25) is 0 Å². The minimum Gasteiger partial charge on any atom is -0.465 e. The second-order valence-corrected chi connectivity index (χ2v) is 2.98. The maximum Gasteiger partial charge on any atom is 0.416 e. The van der Waals surface area contributed by atoms with Crippen LogP contribution in [-0.2, 0) is 10.9 Å². The van der Waals surface area contributed by atoms with Crippen LogP contribution in [0, 0.1) is 17.1 Å². The van der Waals surface area contributed by atoms with Gasteiger partial charge in [0.2, 0.25) is 0 Å². The molecule has 90 valence electrons. The van der Waals surface area contributed by atoms with E-state index in [2.05, 4.69) is 4.74 Å². The number of nitriles is 1. The minimum atomic E-state index is -4.81. The number of esters is 1. The van der Waals surface area contributed by atoms with Crippen LogP contribution in [0.4, 0.5) is 17.6 Å². The van der Waals surface area contributed by atoms with Gasteiger partial charge in [-0.25, -0.2) is 9.18 Å². The summed E-state index contributed by atoms with van der Waals surface area (Å²) in [5.41, 5.74) is -2.87. The molecule has 0 aromatic heterocycles. The van der Waals surface area contributed by atoms with Crippen molar-refractivity contribution in [2.24, 2.45) is 0 Å². The predicted octanol–water partition coefficient (Wildman–Crippen LogP) is 2.50. The maximum atomic E-state index is 13.2. The molecule has 0 fully saturated rings. The summed E-state index contributed by atoms with van der Waals surface area (Å²) in [4.78, 5) is 11.1. The summed E-state index contributed by atoms with van der Waals surface area (Å²) in [5, 5.41) is 8.56. The molecule has 17 heavy (non-hydrogen) atoms. The first kappa shape index (κ1) is 13.0. The van der Waals surface area contributed by atoms with Gasteiger partial charge < -0.3 is 4.74 Å². The second-order valence-electron chi connectivity index (χ2n) is 2.98. The summed E-state index contributed by atoms with van der Waals surface area (Å²) in [6.07, 6.45) is -4.81. The molecule has 0 aliphatic rings. The molecule has 3 nitrogen and oxygen atoms in total. The summed E-state index contributed by atoms with van der Waals surface area (Å²) in [6.45, 7) is 0. The number of ether oxygens (including phenoxy) is 1. The van der Waals surface area contributed by atoms with Crippen molar-refractivity contribution in [2.45, 2.75) is 6.18 Å². The lowest BCUT2D eigenvalue weighted by molar-refractivity contribution is -0.137. The molecule has 0 bridgehead atoms. The van der Waals surface area contributed by atoms with E-state index < -0.39 is 34.7 Å². The van der Waals surface area contributed by atoms with E-state index in [4.69, 9.17) is 5.26 Å². The molecule has 7 heteroatoms. The summed E-state index contributed by atoms with van der Waals surface area (Å²) in [7, 11) is 0.918. The third kappa shape index (κ3) is 2.53. The van der Waals surface area contributed by atoms with E-state index in [-0.39, 0.29) is 6.07 Å². The highest BCUT2D eigenvalue weighted by Crippen LogP contribution is 2.31. The molecule has 0 saturated heterocycles. The first-order chi connectivity index (χ1) is 7.81. The molecule has 0 heterocycles. The van der Waals surface area contributed by atoms with Gasteiger partial charge in [-0.1, -0.05) is 0 Å². The summed E-state index contributed by atoms with van der Waals surface area (Å²) >= 11 is 0. The van der Waals surface area contributed by atoms with E-state index >= 15 is 0 Å². The minimum absolute atomic E-state index is 0.158. The largest absolute Gasteiger partial charge is 0.465 e. The molecule has 0 spiro atoms. The van der Waals surface area contributed by atoms with Crippen LogP contribution < -0.4 is 0 Å². The Kier molecular flexibility index (Phi) is 3.36. The van der Waals surface area contributed by atoms with Crippen LogP contribution in [0.3, 0.4) is 0 Å². The number of rotatable bonds is 1. The van der Waals surface area contributed by atoms with Crippen molar-refractivity contribution in [3.63, 3.8) is 0 Å². The van der Waals surface area contributed by atoms with Crippen molar-refractivity contribution < 1.29 is 27.1 Å². The molecule has 0 aliphatic carbocycles. The molecule has 1 aromatic carbocycles. The SMILES string of the molecule is COC(=O)c1cc(C(F)(F)F)cc(F)c1C#N. The standard InChI is InChI=1S/C10H5F4NO2/c1-17-9(16)6-2-5(10(12,13)14)3-8(11)7(6)4-15/h2-3H,1H3. The number of carbonyl (C=O) groups excluding carboxylic acids is 1. The van der Waals surface area contributed by atoms with Gasteiger partial charge in [0.25, 0.3) is 0 Å². The fourth-order valence-corrected chi connectivity index (χ4v) is 1.15. The average Bonchev–Trinajstić information content (AvgIpc) is 2.25. The van der Waals surface area contributed by atoms with E-state index in [9.17, 15) is 22.4 Å². The Morgan fingerprint density at radius 2 is 2.00 bits per heavy atom. The number of methoxy groups -OCH3 is 1. The number of alkyl halides is 3. The highest BCUT2D eigenvalue weighted by Gasteiger charge is 2.33. The number of nitrogens with zero attached hydrogens (tertiary/aromatic N) is 1. The molecule has 0 N–H and O–H groups in total. The monoisotopic (exact) mass is 247 g/mol. The lowest BCUT2D eigenvalue weighted by atomic mass is 10.0. The van der Waals surface area contributed by atoms with E-state index in [1.54, 1.807) is 0 Å². The van der Waals surface area contributed by atoms with Gasteiger partial charge in [0.1, 0.15) is 17.4 Å². The van der Waals surface area contributed by atoms with Gasteiger partial charge >= 0.3 is 12.1 Å². The van der Waals surface area contributed by atoms with Gasteiger partial charge in [-0.2, -0.15) is 18.4 Å². The number of hydrogen-bond acceptors (Lipinski definition) is 3. The summed E-state index contributed by atoms with van der Waals surface area (Å²) in [5.74, 6) is -2.62. The Morgan fingerprint density at radius 1 is 1.41 bits per heavy atom. The lowest BCUT2D eigenvalue weighted by Crippen LogP contribution is -2.12. The molecule has 0 atom stereocenters. The van der Waals surface area contributed by atoms with Crippen LogP contribution in [0.15, 0.2) is 12.1 Å². The molecule has 0 aliphatic heterocycles. The van der Waals surface area contributed by atoms with E-state index in [0.717, 1.165) is 7.11 Å². The molecule has 1 aromatic rings. The molecule has 0 saturated carbocycles. The molecular weight excluding hydrogens is 242 g/mol. The molecular formula is C10H5F4NO2. The van der Waals surface area contributed by atoms with Gasteiger partial charge in [0, 0.05) is 0 Å². The van der Waals surface area contributed by atoms with E-state index in [1.807, 2.05) is 0 Å². The topological polar surface area (TPSA) is 50.1 Å². The highest BCUT2D eigenvalue weighted by atomic mass is 19.4. The number of halogens is 4. The van der Waals surface area contributed by atoms with Gasteiger partial charge in [-0.05, 0) is 12.1 Å². The highest BCUT2D eigenvalue weighted by molar-refractivity contribution is 5.92. The average molecular weight is 247 g/mol. The molecule has 1 rings (SSSR count). The summed E-state index contributed by atoms with van der Waals surface area (Å²) in [6, 6.07) is 1.85. The van der Waals surface area contributed by atoms with Crippen molar-refractivity contribution in [2.75, 3.05) is 7.11 Å². The zero-order valence-electron chi connectivity index (χ0n) is 8.43. The van der Waals surface area contributed by atoms with Crippen molar-refractivity contribution in [3.05, 3.63) is 34.6 Å². The zero-order chi connectivity index (χ0) is 13.2. The Balaban J connectivity index is 3.51. The quantitative estimate of drug-likeness (QED) is 0.566. The van der Waals surface area contributed by atoms with Crippen LogP contribution in [0.2, 0.25) is 0 Å². The third-order valence-corrected chi connectivity index (χ3v) is 1.93. The summed E-state index contributed by atoms with van der Waals surface area (Å²) < 4.78 is 54.4. The van der Waals surface area contributed by atoms with Crippen LogP contribution in [0.5, 0.6) is 0 Å². The maximum absolute atomic E-state index is 13.2. The number of hydrogen-bond donors (Lipinski definition) is 0. The first-order valence-electron chi connectivity index (χ1n) is 4.20. The Morgan fingerprint density at radius 3 is 2.41 bits per heavy atom. The molecule has 0 unspecified atom stereocenters. The van der Waals surface area contributed by atoms with Crippen molar-refractivity contribution in [3.8, 4) is 6.07 Å². The Labute approximate surface area is 93.2 Å². The third-order valence-electron chi connectivity index (χ3n) is 1.93. The van der Waals surface area contributed by atoms with Crippen molar-refractivity contribution in [1.29, 1.82) is 5.26 Å². The Bertz CT molecular complexity index is 502.